The second-order valence-electron chi connectivity index (χ2n) is 8.32. The third-order valence-corrected chi connectivity index (χ3v) is 8.13. The molecule has 5 rings (SSSR count). The molecular weight excluding hydrogens is 424 g/mol. The molecule has 1 aromatic heterocycles. The van der Waals surface area contributed by atoms with E-state index in [-0.39, 0.29) is 19.7 Å². The molecule has 1 saturated heterocycles. The fourth-order valence-corrected chi connectivity index (χ4v) is 5.79. The molecule has 1 saturated carbocycles. The molecule has 2 aliphatic heterocycles. The Hall–Kier alpha value is -1.74. The highest BCUT2D eigenvalue weighted by Gasteiger charge is 2.47. The topological polar surface area (TPSA) is 87.6 Å². The summed E-state index contributed by atoms with van der Waals surface area (Å²) in [4.78, 5) is 11.8. The van der Waals surface area contributed by atoms with Gasteiger partial charge in [-0.2, -0.15) is 4.98 Å². The van der Waals surface area contributed by atoms with Crippen molar-refractivity contribution >= 4 is 34.2 Å². The van der Waals surface area contributed by atoms with Crippen LogP contribution < -0.4 is 10.2 Å². The molecule has 1 atom stereocenters. The second kappa shape index (κ2) is 7.44. The Morgan fingerprint density at radius 1 is 1.33 bits per heavy atom. The van der Waals surface area contributed by atoms with Crippen LogP contribution in [0.3, 0.4) is 0 Å². The van der Waals surface area contributed by atoms with Gasteiger partial charge in [-0.3, -0.25) is 4.21 Å². The first kappa shape index (κ1) is 16.9. The van der Waals surface area contributed by atoms with Crippen molar-refractivity contribution in [3.63, 3.8) is 0 Å². The van der Waals surface area contributed by atoms with E-state index in [0.717, 1.165) is 25.0 Å². The fraction of sp³-hybridized carbons (Fsp3) is 0.524. The van der Waals surface area contributed by atoms with E-state index in [1.165, 1.54) is 0 Å². The molecule has 9 heteroatoms. The Balaban J connectivity index is 1.46. The summed E-state index contributed by atoms with van der Waals surface area (Å²) in [5.41, 5.74) is -0.0458. The number of methoxy groups -OCH3 is 1. The molecule has 2 N–H and O–H groups in total. The van der Waals surface area contributed by atoms with Crippen molar-refractivity contribution in [1.29, 1.82) is 0 Å². The Morgan fingerprint density at radius 3 is 2.73 bits per heavy atom. The largest absolute Gasteiger partial charge is 0.394 e. The van der Waals surface area contributed by atoms with Crippen molar-refractivity contribution < 1.29 is 18.2 Å². The van der Waals surface area contributed by atoms with E-state index in [1.54, 1.807) is 24.3 Å². The maximum atomic E-state index is 12.6. The predicted octanol–water partition coefficient (Wildman–Crippen LogP) is 2.48. The Labute approximate surface area is 187 Å². The first-order valence-electron chi connectivity index (χ1n) is 11.5. The summed E-state index contributed by atoms with van der Waals surface area (Å²) in [6, 6.07) is 6.96. The lowest BCUT2D eigenvalue weighted by Gasteiger charge is -2.49. The third-order valence-electron chi connectivity index (χ3n) is 6.41. The van der Waals surface area contributed by atoms with Crippen molar-refractivity contribution in [1.82, 2.24) is 9.97 Å². The number of ether oxygens (including phenoxy) is 1. The number of hydrogen-bond acceptors (Lipinski definition) is 7. The lowest BCUT2D eigenvalue weighted by molar-refractivity contribution is -0.0390. The van der Waals surface area contributed by atoms with Gasteiger partial charge in [0.25, 0.3) is 0 Å². The molecule has 160 valence electrons. The Morgan fingerprint density at radius 2 is 2.10 bits per heavy atom. The molecule has 1 aromatic carbocycles. The molecule has 0 radical (unpaired) electrons. The van der Waals surface area contributed by atoms with Crippen molar-refractivity contribution in [2.24, 2.45) is 0 Å². The van der Waals surface area contributed by atoms with Gasteiger partial charge in [0.2, 0.25) is 5.95 Å². The van der Waals surface area contributed by atoms with E-state index < -0.39 is 29.0 Å². The average molecular weight is 452 g/mol. The van der Waals surface area contributed by atoms with E-state index in [2.05, 4.69) is 15.3 Å². The van der Waals surface area contributed by atoms with Crippen molar-refractivity contribution in [3.05, 3.63) is 40.5 Å². The number of rotatable bonds is 6. The van der Waals surface area contributed by atoms with E-state index in [0.29, 0.717) is 39.4 Å². The molecule has 3 aliphatic rings. The van der Waals surface area contributed by atoms with Crippen LogP contribution in [0.5, 0.6) is 0 Å². The zero-order chi connectivity index (χ0) is 23.4. The number of hydrogen-bond donors (Lipinski definition) is 2. The first-order chi connectivity index (χ1) is 15.6. The van der Waals surface area contributed by atoms with Crippen molar-refractivity contribution in [2.45, 2.75) is 41.7 Å². The SMILES string of the molecule is [2H]C([2H])([2H])OC1(c2ccc(Cl)cc2)CN(c2nc3c(c(NC4(CO)CCC4)n2)S(=O)CC3)C1. The minimum absolute atomic E-state index is 0.0242. The van der Waals surface area contributed by atoms with Gasteiger partial charge in [-0.15, -0.1) is 0 Å². The summed E-state index contributed by atoms with van der Waals surface area (Å²) in [6.07, 6.45) is 3.24. The van der Waals surface area contributed by atoms with E-state index in [1.807, 2.05) is 4.90 Å². The zero-order valence-corrected chi connectivity index (χ0v) is 17.9. The highest BCUT2D eigenvalue weighted by Crippen LogP contribution is 2.41. The van der Waals surface area contributed by atoms with Gasteiger partial charge in [-0.05, 0) is 37.0 Å². The van der Waals surface area contributed by atoms with Crippen LogP contribution in [0.2, 0.25) is 5.02 Å². The monoisotopic (exact) mass is 451 g/mol. The van der Waals surface area contributed by atoms with Crippen LogP contribution in [0.4, 0.5) is 11.8 Å². The number of aryl methyl sites for hydroxylation is 1. The fourth-order valence-electron chi connectivity index (χ4n) is 4.36. The first-order valence-corrected chi connectivity index (χ1v) is 11.7. The van der Waals surface area contributed by atoms with Gasteiger partial charge in [0.1, 0.15) is 16.3 Å². The maximum Gasteiger partial charge on any atom is 0.227 e. The third kappa shape index (κ3) is 3.21. The maximum absolute atomic E-state index is 12.6. The molecular formula is C21H25ClN4O3S. The van der Waals surface area contributed by atoms with Crippen LogP contribution >= 0.6 is 11.6 Å². The Bertz CT molecular complexity index is 1080. The molecule has 3 heterocycles. The van der Waals surface area contributed by atoms with Crippen LogP contribution in [0.25, 0.3) is 0 Å². The molecule has 1 aliphatic carbocycles. The number of aliphatic hydroxyl groups is 1. The Kier molecular flexibility index (Phi) is 4.19. The number of halogens is 1. The van der Waals surface area contributed by atoms with Gasteiger partial charge in [-0.25, -0.2) is 4.98 Å². The van der Waals surface area contributed by atoms with Crippen LogP contribution in [0, 0.1) is 0 Å². The number of nitrogens with one attached hydrogen (secondary N) is 1. The number of aromatic nitrogens is 2. The molecule has 2 aromatic rings. The number of benzene rings is 1. The van der Waals surface area contributed by atoms with Crippen molar-refractivity contribution in [3.8, 4) is 0 Å². The van der Waals surface area contributed by atoms with Gasteiger partial charge in [0.15, 0.2) is 0 Å². The summed E-state index contributed by atoms with van der Waals surface area (Å²) in [5.74, 6) is 1.42. The van der Waals surface area contributed by atoms with Gasteiger partial charge in [-0.1, -0.05) is 23.7 Å². The van der Waals surface area contributed by atoms with Crippen molar-refractivity contribution in [2.75, 3.05) is 42.7 Å². The quantitative estimate of drug-likeness (QED) is 0.697. The summed E-state index contributed by atoms with van der Waals surface area (Å²) in [5, 5.41) is 13.8. The minimum Gasteiger partial charge on any atom is -0.394 e. The summed E-state index contributed by atoms with van der Waals surface area (Å²) in [6.45, 7) is 0.475. The molecule has 1 unspecified atom stereocenters. The molecule has 0 spiro atoms. The lowest BCUT2D eigenvalue weighted by atomic mass is 9.77. The van der Waals surface area contributed by atoms with Gasteiger partial charge in [0, 0.05) is 24.2 Å². The van der Waals surface area contributed by atoms with Gasteiger partial charge >= 0.3 is 0 Å². The highest BCUT2D eigenvalue weighted by atomic mass is 35.5. The number of fused-ring (bicyclic) bond motifs is 1. The second-order valence-corrected chi connectivity index (χ2v) is 10.3. The van der Waals surface area contributed by atoms with E-state index in [9.17, 15) is 9.32 Å². The summed E-state index contributed by atoms with van der Waals surface area (Å²) >= 11 is 6.01. The molecule has 7 nitrogen and oxygen atoms in total. The summed E-state index contributed by atoms with van der Waals surface area (Å²) < 4.78 is 41.2. The molecule has 0 bridgehead atoms. The highest BCUT2D eigenvalue weighted by molar-refractivity contribution is 7.85. The van der Waals surface area contributed by atoms with Gasteiger partial charge < -0.3 is 20.1 Å². The van der Waals surface area contributed by atoms with Crippen LogP contribution in [0.15, 0.2) is 29.2 Å². The molecule has 2 fully saturated rings. The zero-order valence-electron chi connectivity index (χ0n) is 19.4. The minimum atomic E-state index is -2.58. The van der Waals surface area contributed by atoms with Crippen LogP contribution in [-0.2, 0) is 27.6 Å². The van der Waals surface area contributed by atoms with E-state index >= 15 is 0 Å². The standard InChI is InChI=1S/C21H25ClN4O3S/c1-29-21(14-3-5-15(22)6-4-14)11-26(12-21)19-23-16-7-10-30(28)17(16)18(24-19)25-20(13-27)8-2-9-20/h3-6,27H,2,7-13H2,1H3,(H,23,24,25)/i1D3. The van der Waals surface area contributed by atoms with Crippen LogP contribution in [0.1, 0.15) is 34.6 Å². The summed E-state index contributed by atoms with van der Waals surface area (Å²) in [7, 11) is -3.77. The van der Waals surface area contributed by atoms with E-state index in [4.69, 9.17) is 20.5 Å². The smallest absolute Gasteiger partial charge is 0.227 e. The normalized spacial score (nSPS) is 25.3. The average Bonchev–Trinajstić information content (AvgIpc) is 3.08. The molecule has 0 amide bonds. The van der Waals surface area contributed by atoms with Crippen LogP contribution in [-0.4, -0.2) is 57.3 Å². The molecule has 30 heavy (non-hydrogen) atoms. The lowest BCUT2D eigenvalue weighted by Crippen LogP contribution is -2.61. The van der Waals surface area contributed by atoms with Gasteiger partial charge in [0.05, 0.1) is 45.8 Å². The number of anilines is 2. The predicted molar refractivity (Wildman–Crippen MR) is 117 cm³/mol. The number of nitrogens with zero attached hydrogens (tertiary/aromatic N) is 3. The number of aliphatic hydroxyl groups excluding tert-OH is 1.